The van der Waals surface area contributed by atoms with Gasteiger partial charge in [0.25, 0.3) is 0 Å². The van der Waals surface area contributed by atoms with Crippen LogP contribution in [-0.4, -0.2) is 20.3 Å². The van der Waals surface area contributed by atoms with Crippen molar-refractivity contribution in [2.75, 3.05) is 20.3 Å². The molecule has 1 saturated carbocycles. The Labute approximate surface area is 108 Å². The molecule has 3 heteroatoms. The van der Waals surface area contributed by atoms with E-state index < -0.39 is 0 Å². The zero-order chi connectivity index (χ0) is 11.9. The fraction of sp³-hybridized carbons (Fsp3) is 0.714. The van der Waals surface area contributed by atoms with Crippen molar-refractivity contribution in [3.05, 3.63) is 22.4 Å². The van der Waals surface area contributed by atoms with Gasteiger partial charge in [-0.15, -0.1) is 11.3 Å². The van der Waals surface area contributed by atoms with Gasteiger partial charge in [-0.2, -0.15) is 0 Å². The summed E-state index contributed by atoms with van der Waals surface area (Å²) in [6.07, 6.45) is 6.52. The number of rotatable bonds is 9. The van der Waals surface area contributed by atoms with Crippen LogP contribution < -0.4 is 5.32 Å². The average Bonchev–Trinajstić information content (AvgIpc) is 3.03. The van der Waals surface area contributed by atoms with Crippen LogP contribution in [-0.2, 0) is 4.74 Å². The molecule has 96 valence electrons. The quantitative estimate of drug-likeness (QED) is 0.679. The van der Waals surface area contributed by atoms with Gasteiger partial charge in [0.1, 0.15) is 0 Å². The lowest BCUT2D eigenvalue weighted by Crippen LogP contribution is -2.23. The third kappa shape index (κ3) is 4.41. The van der Waals surface area contributed by atoms with Crippen LogP contribution in [0.2, 0.25) is 0 Å². The second kappa shape index (κ2) is 7.14. The molecule has 2 rings (SSSR count). The molecule has 1 fully saturated rings. The van der Waals surface area contributed by atoms with E-state index in [1.54, 1.807) is 7.11 Å². The van der Waals surface area contributed by atoms with Gasteiger partial charge < -0.3 is 10.1 Å². The summed E-state index contributed by atoms with van der Waals surface area (Å²) in [6, 6.07) is 5.05. The molecule has 1 aromatic rings. The Morgan fingerprint density at radius 3 is 2.94 bits per heavy atom. The predicted octanol–water partition coefficient (Wildman–Crippen LogP) is 3.61. The highest BCUT2D eigenvalue weighted by atomic mass is 32.1. The molecule has 0 radical (unpaired) electrons. The Morgan fingerprint density at radius 2 is 2.29 bits per heavy atom. The molecule has 0 amide bonds. The molecule has 1 atom stereocenters. The summed E-state index contributed by atoms with van der Waals surface area (Å²) >= 11 is 1.89. The minimum Gasteiger partial charge on any atom is -0.385 e. The van der Waals surface area contributed by atoms with Gasteiger partial charge in [-0.1, -0.05) is 6.07 Å². The summed E-state index contributed by atoms with van der Waals surface area (Å²) in [5.41, 5.74) is 0. The van der Waals surface area contributed by atoms with Crippen LogP contribution in [0.25, 0.3) is 0 Å². The molecule has 0 spiro atoms. The Balaban J connectivity index is 1.65. The van der Waals surface area contributed by atoms with Gasteiger partial charge in [-0.05, 0) is 56.0 Å². The maximum Gasteiger partial charge on any atom is 0.0462 e. The van der Waals surface area contributed by atoms with Gasteiger partial charge in [0.05, 0.1) is 0 Å². The molecular formula is C14H23NOS. The first-order valence-corrected chi connectivity index (χ1v) is 7.55. The smallest absolute Gasteiger partial charge is 0.0462 e. The first-order chi connectivity index (χ1) is 8.42. The van der Waals surface area contributed by atoms with Crippen molar-refractivity contribution >= 4 is 11.3 Å². The highest BCUT2D eigenvalue weighted by molar-refractivity contribution is 7.10. The van der Waals surface area contributed by atoms with E-state index in [1.165, 1.54) is 37.0 Å². The summed E-state index contributed by atoms with van der Waals surface area (Å²) in [7, 11) is 1.78. The predicted molar refractivity (Wildman–Crippen MR) is 73.5 cm³/mol. The van der Waals surface area contributed by atoms with Crippen LogP contribution in [0.1, 0.15) is 43.0 Å². The zero-order valence-corrected chi connectivity index (χ0v) is 11.5. The SMILES string of the molecule is COCCCCCNC(c1cccs1)C1CC1. The number of methoxy groups -OCH3 is 1. The van der Waals surface area contributed by atoms with Gasteiger partial charge in [0, 0.05) is 24.6 Å². The zero-order valence-electron chi connectivity index (χ0n) is 10.7. The summed E-state index contributed by atoms with van der Waals surface area (Å²) in [4.78, 5) is 1.52. The van der Waals surface area contributed by atoms with E-state index in [1.807, 2.05) is 11.3 Å². The van der Waals surface area contributed by atoms with E-state index in [0.717, 1.165) is 19.1 Å². The summed E-state index contributed by atoms with van der Waals surface area (Å²) < 4.78 is 5.06. The molecule has 0 aromatic carbocycles. The molecule has 0 bridgehead atoms. The minimum absolute atomic E-state index is 0.623. The van der Waals surface area contributed by atoms with E-state index in [4.69, 9.17) is 4.74 Å². The Morgan fingerprint density at radius 1 is 1.41 bits per heavy atom. The van der Waals surface area contributed by atoms with E-state index in [9.17, 15) is 0 Å². The largest absolute Gasteiger partial charge is 0.385 e. The van der Waals surface area contributed by atoms with E-state index in [2.05, 4.69) is 22.8 Å². The Kier molecular flexibility index (Phi) is 5.49. The number of hydrogen-bond donors (Lipinski definition) is 1. The summed E-state index contributed by atoms with van der Waals surface area (Å²) in [6.45, 7) is 2.04. The van der Waals surface area contributed by atoms with Crippen molar-refractivity contribution in [1.29, 1.82) is 0 Å². The standard InChI is InChI=1S/C14H23NOS/c1-16-10-4-2-3-9-15-14(12-7-8-12)13-6-5-11-17-13/h5-6,11-12,14-15H,2-4,7-10H2,1H3. The maximum absolute atomic E-state index is 5.06. The van der Waals surface area contributed by atoms with Crippen molar-refractivity contribution < 1.29 is 4.74 Å². The Bertz CT molecular complexity index is 295. The average molecular weight is 253 g/mol. The second-order valence-corrected chi connectivity index (χ2v) is 5.82. The number of hydrogen-bond acceptors (Lipinski definition) is 3. The van der Waals surface area contributed by atoms with Crippen LogP contribution in [0.5, 0.6) is 0 Å². The first kappa shape index (κ1) is 13.1. The highest BCUT2D eigenvalue weighted by Crippen LogP contribution is 2.42. The van der Waals surface area contributed by atoms with Gasteiger partial charge in [0.15, 0.2) is 0 Å². The lowest BCUT2D eigenvalue weighted by Gasteiger charge is -2.16. The molecule has 0 aliphatic heterocycles. The molecule has 1 aliphatic carbocycles. The lowest BCUT2D eigenvalue weighted by molar-refractivity contribution is 0.192. The molecule has 1 N–H and O–H groups in total. The van der Waals surface area contributed by atoms with Gasteiger partial charge in [-0.25, -0.2) is 0 Å². The molecule has 2 nitrogen and oxygen atoms in total. The van der Waals surface area contributed by atoms with Crippen molar-refractivity contribution in [2.24, 2.45) is 5.92 Å². The molecule has 17 heavy (non-hydrogen) atoms. The van der Waals surface area contributed by atoms with Crippen molar-refractivity contribution in [2.45, 2.75) is 38.1 Å². The molecule has 1 heterocycles. The third-order valence-corrected chi connectivity index (χ3v) is 4.29. The van der Waals surface area contributed by atoms with Crippen LogP contribution in [0.4, 0.5) is 0 Å². The summed E-state index contributed by atoms with van der Waals surface area (Å²) in [5.74, 6) is 0.896. The van der Waals surface area contributed by atoms with Crippen LogP contribution in [0.15, 0.2) is 17.5 Å². The second-order valence-electron chi connectivity index (χ2n) is 4.84. The van der Waals surface area contributed by atoms with Crippen molar-refractivity contribution in [3.8, 4) is 0 Å². The first-order valence-electron chi connectivity index (χ1n) is 6.67. The van der Waals surface area contributed by atoms with E-state index in [-0.39, 0.29) is 0 Å². The number of unbranched alkanes of at least 4 members (excludes halogenated alkanes) is 2. The molecule has 1 unspecified atom stereocenters. The monoisotopic (exact) mass is 253 g/mol. The normalized spacial score (nSPS) is 17.2. The molecule has 1 aliphatic rings. The van der Waals surface area contributed by atoms with Gasteiger partial charge in [-0.3, -0.25) is 0 Å². The molecule has 0 saturated heterocycles. The number of nitrogens with one attached hydrogen (secondary N) is 1. The van der Waals surface area contributed by atoms with E-state index in [0.29, 0.717) is 6.04 Å². The maximum atomic E-state index is 5.06. The Hall–Kier alpha value is -0.380. The minimum atomic E-state index is 0.623. The van der Waals surface area contributed by atoms with Gasteiger partial charge in [0.2, 0.25) is 0 Å². The van der Waals surface area contributed by atoms with Crippen LogP contribution >= 0.6 is 11.3 Å². The summed E-state index contributed by atoms with van der Waals surface area (Å²) in [5, 5.41) is 5.92. The van der Waals surface area contributed by atoms with E-state index >= 15 is 0 Å². The van der Waals surface area contributed by atoms with Crippen LogP contribution in [0, 0.1) is 5.92 Å². The van der Waals surface area contributed by atoms with Crippen molar-refractivity contribution in [1.82, 2.24) is 5.32 Å². The fourth-order valence-corrected chi connectivity index (χ4v) is 3.10. The lowest BCUT2D eigenvalue weighted by atomic mass is 10.1. The van der Waals surface area contributed by atoms with Gasteiger partial charge >= 0.3 is 0 Å². The highest BCUT2D eigenvalue weighted by Gasteiger charge is 2.32. The van der Waals surface area contributed by atoms with Crippen molar-refractivity contribution in [3.63, 3.8) is 0 Å². The topological polar surface area (TPSA) is 21.3 Å². The number of thiophene rings is 1. The fourth-order valence-electron chi connectivity index (χ4n) is 2.20. The number of ether oxygens (including phenoxy) is 1. The third-order valence-electron chi connectivity index (χ3n) is 3.33. The van der Waals surface area contributed by atoms with Crippen LogP contribution in [0.3, 0.4) is 0 Å². The molecule has 1 aromatic heterocycles. The molecular weight excluding hydrogens is 230 g/mol.